The highest BCUT2D eigenvalue weighted by Crippen LogP contribution is 2.22. The SMILES string of the molecule is CC(C)=CCN1CCC(NC(=O)c2c(C)nn(Cc3ccccc3)c2Cl)CC1. The van der Waals surface area contributed by atoms with Gasteiger partial charge in [0.2, 0.25) is 0 Å². The third-order valence-electron chi connectivity index (χ3n) is 5.15. The second kappa shape index (κ2) is 9.39. The number of halogens is 1. The maximum Gasteiger partial charge on any atom is 0.256 e. The van der Waals surface area contributed by atoms with Crippen LogP contribution in [0, 0.1) is 6.92 Å². The van der Waals surface area contributed by atoms with Crippen LogP contribution in [-0.2, 0) is 6.54 Å². The summed E-state index contributed by atoms with van der Waals surface area (Å²) in [5.41, 5.74) is 3.60. The highest BCUT2D eigenvalue weighted by molar-refractivity contribution is 6.33. The molecule has 1 aliphatic rings. The lowest BCUT2D eigenvalue weighted by Gasteiger charge is -2.31. The molecule has 1 saturated heterocycles. The molecule has 2 aromatic rings. The van der Waals surface area contributed by atoms with Gasteiger partial charge in [-0.3, -0.25) is 9.69 Å². The van der Waals surface area contributed by atoms with E-state index in [9.17, 15) is 4.79 Å². The Morgan fingerprint density at radius 1 is 1.25 bits per heavy atom. The fraction of sp³-hybridized carbons (Fsp3) is 0.455. The van der Waals surface area contributed by atoms with Crippen LogP contribution in [0.1, 0.15) is 48.3 Å². The maximum absolute atomic E-state index is 12.8. The average Bonchev–Trinajstić information content (AvgIpc) is 2.95. The standard InChI is InChI=1S/C22H29ClN4O/c1-16(2)9-12-26-13-10-19(11-14-26)24-22(28)20-17(3)25-27(21(20)23)15-18-7-5-4-6-8-18/h4-9,19H,10-15H2,1-3H3,(H,24,28). The van der Waals surface area contributed by atoms with Gasteiger partial charge in [-0.15, -0.1) is 0 Å². The van der Waals surface area contributed by atoms with Crippen molar-refractivity contribution in [3.8, 4) is 0 Å². The van der Waals surface area contributed by atoms with Crippen LogP contribution in [0.25, 0.3) is 0 Å². The molecule has 0 saturated carbocycles. The minimum Gasteiger partial charge on any atom is -0.349 e. The number of carbonyl (C=O) groups is 1. The van der Waals surface area contributed by atoms with Crippen LogP contribution in [0.4, 0.5) is 0 Å². The lowest BCUT2D eigenvalue weighted by atomic mass is 10.0. The largest absolute Gasteiger partial charge is 0.349 e. The quantitative estimate of drug-likeness (QED) is 0.744. The van der Waals surface area contributed by atoms with Crippen molar-refractivity contribution in [1.29, 1.82) is 0 Å². The van der Waals surface area contributed by atoms with Crippen molar-refractivity contribution >= 4 is 17.5 Å². The minimum atomic E-state index is -0.121. The molecule has 0 spiro atoms. The molecular formula is C22H29ClN4O. The van der Waals surface area contributed by atoms with Gasteiger partial charge in [-0.1, -0.05) is 53.6 Å². The zero-order valence-corrected chi connectivity index (χ0v) is 17.7. The van der Waals surface area contributed by atoms with Gasteiger partial charge in [-0.25, -0.2) is 4.68 Å². The second-order valence-electron chi connectivity index (χ2n) is 7.72. The molecular weight excluding hydrogens is 372 g/mol. The zero-order valence-electron chi connectivity index (χ0n) is 16.9. The molecule has 1 N–H and O–H groups in total. The summed E-state index contributed by atoms with van der Waals surface area (Å²) in [4.78, 5) is 15.3. The van der Waals surface area contributed by atoms with Crippen LogP contribution in [0.15, 0.2) is 42.0 Å². The highest BCUT2D eigenvalue weighted by atomic mass is 35.5. The second-order valence-corrected chi connectivity index (χ2v) is 8.08. The van der Waals surface area contributed by atoms with Crippen molar-refractivity contribution in [2.24, 2.45) is 0 Å². The summed E-state index contributed by atoms with van der Waals surface area (Å²) in [7, 11) is 0. The summed E-state index contributed by atoms with van der Waals surface area (Å²) in [6.07, 6.45) is 4.16. The smallest absolute Gasteiger partial charge is 0.256 e. The number of likely N-dealkylation sites (tertiary alicyclic amines) is 1. The molecule has 28 heavy (non-hydrogen) atoms. The predicted molar refractivity (Wildman–Crippen MR) is 114 cm³/mol. The zero-order chi connectivity index (χ0) is 20.1. The Hall–Kier alpha value is -2.11. The molecule has 0 bridgehead atoms. The summed E-state index contributed by atoms with van der Waals surface area (Å²) in [6.45, 7) is 9.61. The fourth-order valence-corrected chi connectivity index (χ4v) is 3.82. The number of aromatic nitrogens is 2. The van der Waals surface area contributed by atoms with E-state index in [1.54, 1.807) is 4.68 Å². The van der Waals surface area contributed by atoms with Crippen LogP contribution in [0.2, 0.25) is 5.15 Å². The number of rotatable bonds is 6. The molecule has 0 atom stereocenters. The molecule has 1 aromatic heterocycles. The average molecular weight is 401 g/mol. The summed E-state index contributed by atoms with van der Waals surface area (Å²) in [6, 6.07) is 10.2. The van der Waals surface area contributed by atoms with E-state index in [1.165, 1.54) is 5.57 Å². The molecule has 1 aromatic carbocycles. The van der Waals surface area contributed by atoms with Gasteiger partial charge >= 0.3 is 0 Å². The monoisotopic (exact) mass is 400 g/mol. The summed E-state index contributed by atoms with van der Waals surface area (Å²) in [5, 5.41) is 8.04. The number of nitrogens with one attached hydrogen (secondary N) is 1. The van der Waals surface area contributed by atoms with E-state index < -0.39 is 0 Å². The first-order valence-corrected chi connectivity index (χ1v) is 10.2. The van der Waals surface area contributed by atoms with Crippen molar-refractivity contribution in [3.63, 3.8) is 0 Å². The van der Waals surface area contributed by atoms with Gasteiger partial charge < -0.3 is 5.32 Å². The van der Waals surface area contributed by atoms with Gasteiger partial charge in [0, 0.05) is 25.7 Å². The van der Waals surface area contributed by atoms with E-state index in [2.05, 4.69) is 35.2 Å². The van der Waals surface area contributed by atoms with Crippen molar-refractivity contribution in [3.05, 3.63) is 64.0 Å². The maximum atomic E-state index is 12.8. The molecule has 1 fully saturated rings. The number of amides is 1. The molecule has 150 valence electrons. The van der Waals surface area contributed by atoms with Gasteiger partial charge in [0.25, 0.3) is 5.91 Å². The number of hydrogen-bond donors (Lipinski definition) is 1. The van der Waals surface area contributed by atoms with E-state index in [0.717, 1.165) is 38.0 Å². The number of hydrogen-bond acceptors (Lipinski definition) is 3. The fourth-order valence-electron chi connectivity index (χ4n) is 3.50. The third-order valence-corrected chi connectivity index (χ3v) is 5.53. The molecule has 1 aliphatic heterocycles. The Morgan fingerprint density at radius 3 is 2.57 bits per heavy atom. The van der Waals surface area contributed by atoms with Crippen LogP contribution in [0.5, 0.6) is 0 Å². The Morgan fingerprint density at radius 2 is 1.93 bits per heavy atom. The Kier molecular flexibility index (Phi) is 6.92. The first kappa shape index (κ1) is 20.6. The summed E-state index contributed by atoms with van der Waals surface area (Å²) >= 11 is 6.51. The lowest BCUT2D eigenvalue weighted by Crippen LogP contribution is -2.44. The van der Waals surface area contributed by atoms with E-state index in [0.29, 0.717) is 23.0 Å². The van der Waals surface area contributed by atoms with Gasteiger partial charge in [0.15, 0.2) is 0 Å². The minimum absolute atomic E-state index is 0.121. The van der Waals surface area contributed by atoms with Crippen molar-refractivity contribution in [2.75, 3.05) is 19.6 Å². The van der Waals surface area contributed by atoms with Crippen molar-refractivity contribution < 1.29 is 4.79 Å². The third kappa shape index (κ3) is 5.24. The predicted octanol–water partition coefficient (Wildman–Crippen LogP) is 4.05. The molecule has 0 unspecified atom stereocenters. The number of allylic oxidation sites excluding steroid dienone is 1. The van der Waals surface area contributed by atoms with Gasteiger partial charge in [-0.2, -0.15) is 5.10 Å². The van der Waals surface area contributed by atoms with Gasteiger partial charge in [0.1, 0.15) is 5.15 Å². The molecule has 5 nitrogen and oxygen atoms in total. The van der Waals surface area contributed by atoms with Crippen LogP contribution in [-0.4, -0.2) is 46.3 Å². The van der Waals surface area contributed by atoms with Crippen LogP contribution in [0.3, 0.4) is 0 Å². The first-order valence-electron chi connectivity index (χ1n) is 9.87. The van der Waals surface area contributed by atoms with Crippen LogP contribution < -0.4 is 5.32 Å². The van der Waals surface area contributed by atoms with E-state index in [4.69, 9.17) is 11.6 Å². The summed E-state index contributed by atoms with van der Waals surface area (Å²) < 4.78 is 1.70. The van der Waals surface area contributed by atoms with Gasteiger partial charge in [-0.05, 0) is 39.2 Å². The van der Waals surface area contributed by atoms with E-state index >= 15 is 0 Å². The molecule has 0 radical (unpaired) electrons. The molecule has 0 aliphatic carbocycles. The lowest BCUT2D eigenvalue weighted by molar-refractivity contribution is 0.0913. The molecule has 1 amide bonds. The number of aryl methyl sites for hydroxylation is 1. The Bertz CT molecular complexity index is 832. The summed E-state index contributed by atoms with van der Waals surface area (Å²) in [5.74, 6) is -0.121. The number of piperidine rings is 1. The topological polar surface area (TPSA) is 50.2 Å². The normalized spacial score (nSPS) is 15.4. The molecule has 6 heteroatoms. The Labute approximate surface area is 172 Å². The first-order chi connectivity index (χ1) is 13.4. The molecule has 3 rings (SSSR count). The number of benzene rings is 1. The van der Waals surface area contributed by atoms with Crippen LogP contribution >= 0.6 is 11.6 Å². The Balaban J connectivity index is 1.60. The number of nitrogens with zero attached hydrogens (tertiary/aromatic N) is 3. The van der Waals surface area contributed by atoms with Crippen molar-refractivity contribution in [2.45, 2.75) is 46.2 Å². The molecule has 2 heterocycles. The van der Waals surface area contributed by atoms with E-state index in [-0.39, 0.29) is 11.9 Å². The number of carbonyl (C=O) groups excluding carboxylic acids is 1. The van der Waals surface area contributed by atoms with Crippen molar-refractivity contribution in [1.82, 2.24) is 20.0 Å². The highest BCUT2D eigenvalue weighted by Gasteiger charge is 2.25. The van der Waals surface area contributed by atoms with E-state index in [1.807, 2.05) is 37.3 Å². The van der Waals surface area contributed by atoms with Gasteiger partial charge in [0.05, 0.1) is 17.8 Å².